The molecule has 1 unspecified atom stereocenters. The van der Waals surface area contributed by atoms with Gasteiger partial charge in [0, 0.05) is 23.5 Å². The van der Waals surface area contributed by atoms with Crippen LogP contribution in [0.2, 0.25) is 5.02 Å². The zero-order valence-corrected chi connectivity index (χ0v) is 23.3. The Bertz CT molecular complexity index is 1470. The third-order valence-corrected chi connectivity index (χ3v) is 7.53. The second kappa shape index (κ2) is 11.4. The predicted molar refractivity (Wildman–Crippen MR) is 158 cm³/mol. The Morgan fingerprint density at radius 1 is 0.897 bits per heavy atom. The number of aromatic nitrogens is 1. The summed E-state index contributed by atoms with van der Waals surface area (Å²) in [5.74, 6) is -0.150. The van der Waals surface area contributed by atoms with Gasteiger partial charge in [-0.3, -0.25) is 9.69 Å². The van der Waals surface area contributed by atoms with Gasteiger partial charge >= 0.3 is 6.03 Å². The van der Waals surface area contributed by atoms with E-state index in [4.69, 9.17) is 11.6 Å². The average molecular weight is 541 g/mol. The number of nitrogens with one attached hydrogen (secondary N) is 1. The molecule has 200 valence electrons. The molecule has 2 heterocycles. The molecule has 1 atom stereocenters. The maximum atomic E-state index is 14.3. The van der Waals surface area contributed by atoms with Crippen molar-refractivity contribution in [3.05, 3.63) is 112 Å². The summed E-state index contributed by atoms with van der Waals surface area (Å²) in [6.07, 6.45) is 3.73. The van der Waals surface area contributed by atoms with Crippen LogP contribution in [0.5, 0.6) is 0 Å². The smallest absolute Gasteiger partial charge is 0.316 e. The number of urea groups is 1. The fourth-order valence-electron chi connectivity index (χ4n) is 5.26. The first kappa shape index (κ1) is 26.6. The van der Waals surface area contributed by atoms with Gasteiger partial charge in [0.1, 0.15) is 12.6 Å². The molecule has 0 spiro atoms. The number of para-hydroxylation sites is 3. The summed E-state index contributed by atoms with van der Waals surface area (Å²) in [6.45, 7) is 6.46. The highest BCUT2D eigenvalue weighted by molar-refractivity contribution is 6.30. The number of benzene rings is 3. The van der Waals surface area contributed by atoms with E-state index in [1.807, 2.05) is 104 Å². The third-order valence-electron chi connectivity index (χ3n) is 7.28. The molecule has 7 heteroatoms. The molecule has 0 bridgehead atoms. The summed E-state index contributed by atoms with van der Waals surface area (Å²) in [5.41, 5.74) is 6.41. The molecule has 6 nitrogen and oxygen atoms in total. The minimum Gasteiger partial charge on any atom is -0.316 e. The van der Waals surface area contributed by atoms with E-state index in [1.165, 1.54) is 0 Å². The highest BCUT2D eigenvalue weighted by Gasteiger charge is 2.37. The third kappa shape index (κ3) is 5.30. The van der Waals surface area contributed by atoms with Gasteiger partial charge in [-0.2, -0.15) is 0 Å². The topological polar surface area (TPSA) is 57.6 Å². The number of halogens is 1. The van der Waals surface area contributed by atoms with Crippen LogP contribution in [0, 0.1) is 13.8 Å². The Kier molecular flexibility index (Phi) is 7.75. The van der Waals surface area contributed by atoms with Crippen molar-refractivity contribution >= 4 is 34.9 Å². The monoisotopic (exact) mass is 540 g/mol. The molecule has 3 aromatic carbocycles. The number of hydrogen-bond donors (Lipinski definition) is 1. The van der Waals surface area contributed by atoms with Crippen LogP contribution < -0.4 is 10.2 Å². The molecule has 39 heavy (non-hydrogen) atoms. The van der Waals surface area contributed by atoms with Gasteiger partial charge in [-0.05, 0) is 73.4 Å². The summed E-state index contributed by atoms with van der Waals surface area (Å²) < 4.78 is 2.13. The Labute approximate surface area is 234 Å². The molecular formula is C32H33ClN4O2. The molecule has 0 radical (unpaired) electrons. The first-order valence-electron chi connectivity index (χ1n) is 13.4. The molecular weight excluding hydrogens is 508 g/mol. The van der Waals surface area contributed by atoms with Gasteiger partial charge in [0.2, 0.25) is 5.91 Å². The summed E-state index contributed by atoms with van der Waals surface area (Å²) in [7, 11) is 0. The number of fused-ring (bicyclic) bond motifs is 3. The molecule has 3 amide bonds. The van der Waals surface area contributed by atoms with Gasteiger partial charge in [0.25, 0.3) is 0 Å². The minimum absolute atomic E-state index is 0.0457. The van der Waals surface area contributed by atoms with Crippen molar-refractivity contribution in [2.75, 3.05) is 23.3 Å². The number of unbranched alkanes of at least 4 members (excludes halogenated alkanes) is 1. The van der Waals surface area contributed by atoms with E-state index < -0.39 is 0 Å². The fraction of sp³-hybridized carbons (Fsp3) is 0.250. The van der Waals surface area contributed by atoms with Crippen molar-refractivity contribution in [1.82, 2.24) is 9.47 Å². The minimum atomic E-state index is -0.366. The van der Waals surface area contributed by atoms with Crippen molar-refractivity contribution < 1.29 is 9.59 Å². The van der Waals surface area contributed by atoms with Crippen molar-refractivity contribution in [3.63, 3.8) is 0 Å². The number of carbonyl (C=O) groups is 2. The number of rotatable bonds is 7. The number of nitrogens with zero attached hydrogens (tertiary/aromatic N) is 3. The molecule has 0 saturated carbocycles. The first-order valence-corrected chi connectivity index (χ1v) is 13.7. The Balaban J connectivity index is 1.51. The lowest BCUT2D eigenvalue weighted by Crippen LogP contribution is -2.48. The standard InChI is InChI=1S/C32H33ClN4O2/c1-4-5-19-35(32(39)34-30-22(2)10-8-11-23(30)3)21-29(38)37-27-13-7-6-12-26(27)36-20-9-14-28(36)31(37)24-15-17-25(33)18-16-24/h6-18,20,31H,4-5,19,21H2,1-3H3,(H,34,39). The van der Waals surface area contributed by atoms with E-state index in [0.29, 0.717) is 11.6 Å². The summed E-state index contributed by atoms with van der Waals surface area (Å²) in [4.78, 5) is 31.3. The van der Waals surface area contributed by atoms with E-state index in [0.717, 1.165) is 52.3 Å². The fourth-order valence-corrected chi connectivity index (χ4v) is 5.39. The van der Waals surface area contributed by atoms with Gasteiger partial charge in [-0.1, -0.05) is 67.4 Å². The molecule has 1 aliphatic heterocycles. The van der Waals surface area contributed by atoms with Crippen molar-refractivity contribution in [2.45, 2.75) is 39.7 Å². The highest BCUT2D eigenvalue weighted by atomic mass is 35.5. The van der Waals surface area contributed by atoms with Crippen LogP contribution in [-0.2, 0) is 4.79 Å². The van der Waals surface area contributed by atoms with Gasteiger partial charge in [0.05, 0.1) is 17.1 Å². The molecule has 5 rings (SSSR count). The van der Waals surface area contributed by atoms with Crippen LogP contribution in [-0.4, -0.2) is 34.5 Å². The normalized spacial score (nSPS) is 13.9. The number of carbonyl (C=O) groups excluding carboxylic acids is 2. The molecule has 0 fully saturated rings. The second-order valence-electron chi connectivity index (χ2n) is 9.98. The first-order chi connectivity index (χ1) is 18.9. The molecule has 1 aliphatic rings. The molecule has 0 saturated heterocycles. The number of hydrogen-bond acceptors (Lipinski definition) is 2. The van der Waals surface area contributed by atoms with E-state index in [2.05, 4.69) is 16.8 Å². The number of aryl methyl sites for hydroxylation is 2. The lowest BCUT2D eigenvalue weighted by atomic mass is 9.97. The molecule has 0 aliphatic carbocycles. The average Bonchev–Trinajstić information content (AvgIpc) is 3.43. The Morgan fingerprint density at radius 2 is 1.59 bits per heavy atom. The van der Waals surface area contributed by atoms with Crippen LogP contribution in [0.3, 0.4) is 0 Å². The van der Waals surface area contributed by atoms with E-state index in [-0.39, 0.29) is 24.5 Å². The second-order valence-corrected chi connectivity index (χ2v) is 10.4. The number of anilines is 2. The van der Waals surface area contributed by atoms with E-state index in [1.54, 1.807) is 4.90 Å². The lowest BCUT2D eigenvalue weighted by molar-refractivity contribution is -0.119. The van der Waals surface area contributed by atoms with Crippen LogP contribution in [0.15, 0.2) is 85.1 Å². The predicted octanol–water partition coefficient (Wildman–Crippen LogP) is 7.52. The largest absolute Gasteiger partial charge is 0.322 e. The quantitative estimate of drug-likeness (QED) is 0.263. The van der Waals surface area contributed by atoms with Gasteiger partial charge < -0.3 is 14.8 Å². The van der Waals surface area contributed by atoms with Crippen LogP contribution in [0.1, 0.15) is 48.2 Å². The highest BCUT2D eigenvalue weighted by Crippen LogP contribution is 2.42. The zero-order chi connectivity index (χ0) is 27.5. The maximum Gasteiger partial charge on any atom is 0.322 e. The Hall–Kier alpha value is -4.03. The van der Waals surface area contributed by atoms with Crippen molar-refractivity contribution in [1.29, 1.82) is 0 Å². The van der Waals surface area contributed by atoms with E-state index in [9.17, 15) is 9.59 Å². The SMILES string of the molecule is CCCCN(CC(=O)N1c2ccccc2-n2cccc2C1c1ccc(Cl)cc1)C(=O)Nc1c(C)cccc1C. The maximum absolute atomic E-state index is 14.3. The van der Waals surface area contributed by atoms with Crippen LogP contribution in [0.4, 0.5) is 16.2 Å². The number of amides is 3. The molecule has 4 aromatic rings. The lowest BCUT2D eigenvalue weighted by Gasteiger charge is -2.39. The summed E-state index contributed by atoms with van der Waals surface area (Å²) >= 11 is 6.21. The van der Waals surface area contributed by atoms with Gasteiger partial charge in [-0.25, -0.2) is 4.79 Å². The Morgan fingerprint density at radius 3 is 2.28 bits per heavy atom. The zero-order valence-electron chi connectivity index (χ0n) is 22.5. The van der Waals surface area contributed by atoms with Crippen LogP contribution in [0.25, 0.3) is 5.69 Å². The summed E-state index contributed by atoms with van der Waals surface area (Å²) in [5, 5.41) is 3.71. The van der Waals surface area contributed by atoms with Gasteiger partial charge in [-0.15, -0.1) is 0 Å². The van der Waals surface area contributed by atoms with E-state index >= 15 is 0 Å². The van der Waals surface area contributed by atoms with Gasteiger partial charge in [0.15, 0.2) is 0 Å². The van der Waals surface area contributed by atoms with Crippen molar-refractivity contribution in [2.24, 2.45) is 0 Å². The summed E-state index contributed by atoms with van der Waals surface area (Å²) in [6, 6.07) is 24.8. The van der Waals surface area contributed by atoms with Crippen LogP contribution >= 0.6 is 11.6 Å². The molecule has 1 N–H and O–H groups in total. The molecule has 1 aromatic heterocycles. The van der Waals surface area contributed by atoms with Crippen molar-refractivity contribution in [3.8, 4) is 5.69 Å².